The molecule has 1 aromatic carbocycles. The van der Waals surface area contributed by atoms with E-state index in [2.05, 4.69) is 10.6 Å². The number of rotatable bonds is 5. The second kappa shape index (κ2) is 10.7. The number of carboxylic acids is 1. The Balaban J connectivity index is 0.00000484. The van der Waals surface area contributed by atoms with Gasteiger partial charge in [-0.2, -0.15) is 0 Å². The van der Waals surface area contributed by atoms with Crippen LogP contribution in [0.2, 0.25) is 0 Å². The van der Waals surface area contributed by atoms with E-state index in [0.717, 1.165) is 0 Å². The predicted molar refractivity (Wildman–Crippen MR) is 103 cm³/mol. The van der Waals surface area contributed by atoms with Crippen molar-refractivity contribution in [1.29, 1.82) is 0 Å². The van der Waals surface area contributed by atoms with E-state index in [1.165, 1.54) is 14.2 Å². The molecule has 0 bridgehead atoms. The van der Waals surface area contributed by atoms with Crippen molar-refractivity contribution < 1.29 is 53.8 Å². The maximum Gasteiger partial charge on any atom is 1.00 e. The minimum atomic E-state index is -1.42. The van der Waals surface area contributed by atoms with E-state index in [9.17, 15) is 19.5 Å². The van der Waals surface area contributed by atoms with Gasteiger partial charge in [-0.3, -0.25) is 9.59 Å². The van der Waals surface area contributed by atoms with Crippen molar-refractivity contribution >= 4 is 91.2 Å². The number of methoxy groups -OCH3 is 1. The summed E-state index contributed by atoms with van der Waals surface area (Å²) in [6.07, 6.45) is 0. The fraction of sp³-hybridized carbons (Fsp3) is 0.250. The summed E-state index contributed by atoms with van der Waals surface area (Å²) in [5, 5.41) is 16.4. The molecule has 0 atom stereocenters. The van der Waals surface area contributed by atoms with Gasteiger partial charge in [0, 0.05) is 26.9 Å². The van der Waals surface area contributed by atoms with E-state index < -0.39 is 17.8 Å². The first-order chi connectivity index (χ1) is 10.3. The van der Waals surface area contributed by atoms with Crippen molar-refractivity contribution in [3.05, 3.63) is 21.8 Å². The summed E-state index contributed by atoms with van der Waals surface area (Å²) in [6, 6.07) is 0. The zero-order valence-corrected chi connectivity index (χ0v) is 20.9. The molecule has 0 aliphatic carbocycles. The van der Waals surface area contributed by atoms with Gasteiger partial charge in [0.25, 0.3) is 5.91 Å². The standard InChI is InChI=1S/C12H11I3N2O5.Na/c1-16-11(19)5-7(13)6(12(20)21)9(15)10(8(5)14)17-4(18)3-22-2;/h3H2,1-2H3,(H,16,19)(H,17,18)(H,20,21);/q;+1/p-1. The second-order valence-electron chi connectivity index (χ2n) is 3.91. The minimum Gasteiger partial charge on any atom is -0.545 e. The van der Waals surface area contributed by atoms with Crippen LogP contribution in [0.1, 0.15) is 20.7 Å². The molecule has 0 aliphatic rings. The molecule has 0 aromatic heterocycles. The molecule has 120 valence electrons. The molecule has 1 aromatic rings. The van der Waals surface area contributed by atoms with Crippen LogP contribution in [0, 0.1) is 10.7 Å². The normalized spacial score (nSPS) is 9.78. The number of aromatic carboxylic acids is 1. The van der Waals surface area contributed by atoms with Crippen molar-refractivity contribution in [2.75, 3.05) is 26.1 Å². The summed E-state index contributed by atoms with van der Waals surface area (Å²) in [7, 11) is 2.81. The number of nitrogens with one attached hydrogen (secondary N) is 2. The molecular formula is C12H10I3N2NaO5. The van der Waals surface area contributed by atoms with Crippen LogP contribution in [0.3, 0.4) is 0 Å². The van der Waals surface area contributed by atoms with Crippen LogP contribution < -0.4 is 45.3 Å². The number of halogens is 3. The van der Waals surface area contributed by atoms with E-state index in [1.807, 2.05) is 22.6 Å². The summed E-state index contributed by atoms with van der Waals surface area (Å²) in [6.45, 7) is -0.186. The Labute approximate surface area is 195 Å². The molecule has 0 fully saturated rings. The average molecular weight is 666 g/mol. The van der Waals surface area contributed by atoms with Gasteiger partial charge >= 0.3 is 29.6 Å². The smallest absolute Gasteiger partial charge is 0.545 e. The number of anilines is 1. The predicted octanol–water partition coefficient (Wildman–Crippen LogP) is -2.19. The Bertz CT molecular complexity index is 654. The van der Waals surface area contributed by atoms with Gasteiger partial charge in [-0.25, -0.2) is 0 Å². The molecule has 0 spiro atoms. The fourth-order valence-corrected chi connectivity index (χ4v) is 5.95. The number of ether oxygens (including phenoxy) is 1. The van der Waals surface area contributed by atoms with E-state index in [4.69, 9.17) is 4.74 Å². The van der Waals surface area contributed by atoms with Crippen molar-refractivity contribution in [2.45, 2.75) is 0 Å². The third-order valence-electron chi connectivity index (χ3n) is 2.52. The molecule has 0 saturated heterocycles. The Hall–Kier alpha value is 0.780. The molecule has 7 nitrogen and oxygen atoms in total. The van der Waals surface area contributed by atoms with Gasteiger partial charge in [0.15, 0.2) is 0 Å². The van der Waals surface area contributed by atoms with E-state index in [0.29, 0.717) is 7.14 Å². The van der Waals surface area contributed by atoms with Gasteiger partial charge in [-0.1, -0.05) is 0 Å². The monoisotopic (exact) mass is 666 g/mol. The number of carbonyl (C=O) groups is 3. The summed E-state index contributed by atoms with van der Waals surface area (Å²) in [5.74, 6) is -2.32. The molecule has 2 amide bonds. The van der Waals surface area contributed by atoms with Crippen LogP contribution in [0.5, 0.6) is 0 Å². The third-order valence-corrected chi connectivity index (χ3v) is 5.75. The zero-order chi connectivity index (χ0) is 17.0. The van der Waals surface area contributed by atoms with Crippen molar-refractivity contribution in [2.24, 2.45) is 0 Å². The topological polar surface area (TPSA) is 108 Å². The summed E-state index contributed by atoms with van der Waals surface area (Å²) < 4.78 is 5.73. The minimum absolute atomic E-state index is 0. The molecule has 0 aliphatic heterocycles. The van der Waals surface area contributed by atoms with Gasteiger partial charge in [-0.15, -0.1) is 0 Å². The Morgan fingerprint density at radius 1 is 1.09 bits per heavy atom. The Kier molecular flexibility index (Phi) is 11.1. The number of hydrogen-bond donors (Lipinski definition) is 2. The molecule has 0 saturated carbocycles. The second-order valence-corrected chi connectivity index (χ2v) is 7.15. The SMILES string of the molecule is CNC(=O)c1c(I)c(NC(=O)COC)c(I)c(C(=O)[O-])c1I.[Na+]. The van der Waals surface area contributed by atoms with Gasteiger partial charge < -0.3 is 25.3 Å². The largest absolute Gasteiger partial charge is 1.00 e. The molecule has 0 radical (unpaired) electrons. The van der Waals surface area contributed by atoms with Crippen LogP contribution in [-0.4, -0.2) is 38.5 Å². The fourth-order valence-electron chi connectivity index (χ4n) is 1.58. The molecule has 0 heterocycles. The summed E-state index contributed by atoms with van der Waals surface area (Å²) in [4.78, 5) is 35.1. The quantitative estimate of drug-likeness (QED) is 0.275. The van der Waals surface area contributed by atoms with Crippen LogP contribution >= 0.6 is 67.8 Å². The number of carbonyl (C=O) groups excluding carboxylic acids is 3. The molecule has 23 heavy (non-hydrogen) atoms. The average Bonchev–Trinajstić information content (AvgIpc) is 2.43. The first-order valence-corrected chi connectivity index (χ1v) is 8.92. The third kappa shape index (κ3) is 5.64. The van der Waals surface area contributed by atoms with E-state index in [1.54, 1.807) is 45.2 Å². The number of amides is 2. The first-order valence-electron chi connectivity index (χ1n) is 5.68. The van der Waals surface area contributed by atoms with Gasteiger partial charge in [-0.05, 0) is 67.8 Å². The molecular weight excluding hydrogens is 656 g/mol. The molecule has 0 unspecified atom stereocenters. The molecule has 1 rings (SSSR count). The van der Waals surface area contributed by atoms with Gasteiger partial charge in [0.2, 0.25) is 5.91 Å². The van der Waals surface area contributed by atoms with Crippen molar-refractivity contribution in [1.82, 2.24) is 5.32 Å². The first kappa shape index (κ1) is 23.8. The maximum atomic E-state index is 12.0. The maximum absolute atomic E-state index is 12.0. The Morgan fingerprint density at radius 3 is 2.04 bits per heavy atom. The summed E-state index contributed by atoms with van der Waals surface area (Å²) >= 11 is 5.48. The Morgan fingerprint density at radius 2 is 1.61 bits per heavy atom. The van der Waals surface area contributed by atoms with Crippen LogP contribution in [0.25, 0.3) is 0 Å². The van der Waals surface area contributed by atoms with Gasteiger partial charge in [0.1, 0.15) is 6.61 Å². The van der Waals surface area contributed by atoms with Crippen LogP contribution in [-0.2, 0) is 9.53 Å². The van der Waals surface area contributed by atoms with Crippen molar-refractivity contribution in [3.63, 3.8) is 0 Å². The number of hydrogen-bond acceptors (Lipinski definition) is 5. The number of benzene rings is 1. The van der Waals surface area contributed by atoms with E-state index in [-0.39, 0.29) is 56.5 Å². The number of carboxylic acid groups (broad SMARTS) is 1. The zero-order valence-electron chi connectivity index (χ0n) is 12.4. The van der Waals surface area contributed by atoms with Crippen LogP contribution in [0.4, 0.5) is 5.69 Å². The summed E-state index contributed by atoms with van der Waals surface area (Å²) in [5.41, 5.74) is 0.297. The van der Waals surface area contributed by atoms with Crippen LogP contribution in [0.15, 0.2) is 0 Å². The molecule has 11 heteroatoms. The van der Waals surface area contributed by atoms with E-state index >= 15 is 0 Å². The van der Waals surface area contributed by atoms with Crippen molar-refractivity contribution in [3.8, 4) is 0 Å². The molecule has 2 N–H and O–H groups in total. The van der Waals surface area contributed by atoms with Gasteiger partial charge in [0.05, 0.1) is 20.8 Å².